The number of aromatic nitrogens is 1. The zero-order valence-corrected chi connectivity index (χ0v) is 11.5. The molecule has 0 aliphatic rings. The maximum Gasteiger partial charge on any atom is 0.417 e. The van der Waals surface area contributed by atoms with E-state index < -0.39 is 17.7 Å². The molecule has 2 rings (SSSR count). The fourth-order valence-electron chi connectivity index (χ4n) is 2.06. The molecule has 1 heterocycles. The first-order valence-corrected chi connectivity index (χ1v) is 6.25. The predicted octanol–water partition coefficient (Wildman–Crippen LogP) is 3.40. The molecule has 116 valence electrons. The number of carbonyl (C=O) groups is 1. The molecule has 7 heteroatoms. The average Bonchev–Trinajstić information content (AvgIpc) is 2.45. The summed E-state index contributed by atoms with van der Waals surface area (Å²) in [6.07, 6.45) is -4.85. The summed E-state index contributed by atoms with van der Waals surface area (Å²) in [5.41, 5.74) is -0.510. The van der Waals surface area contributed by atoms with Gasteiger partial charge in [0.25, 0.3) is 0 Å². The topological polar surface area (TPSA) is 59.4 Å². The Kier molecular flexibility index (Phi) is 4.35. The number of carboxylic acids is 1. The molecule has 0 amide bonds. The van der Waals surface area contributed by atoms with Gasteiger partial charge in [0.15, 0.2) is 0 Å². The van der Waals surface area contributed by atoms with Crippen LogP contribution in [0.25, 0.3) is 11.1 Å². The number of ether oxygens (including phenoxy) is 1. The van der Waals surface area contributed by atoms with Crippen LogP contribution >= 0.6 is 0 Å². The van der Waals surface area contributed by atoms with E-state index in [9.17, 15) is 18.0 Å². The lowest BCUT2D eigenvalue weighted by Gasteiger charge is -2.15. The van der Waals surface area contributed by atoms with E-state index in [0.717, 1.165) is 6.07 Å². The van der Waals surface area contributed by atoms with Crippen LogP contribution in [0.5, 0.6) is 5.88 Å². The molecule has 0 spiro atoms. The van der Waals surface area contributed by atoms with Crippen LogP contribution in [0.3, 0.4) is 0 Å². The number of carboxylic acid groups (broad SMARTS) is 1. The lowest BCUT2D eigenvalue weighted by atomic mass is 10.00. The highest BCUT2D eigenvalue weighted by molar-refractivity contribution is 5.74. The third-order valence-electron chi connectivity index (χ3n) is 2.97. The SMILES string of the molecule is COc1nc(CC(=O)O)ccc1-c1ccccc1C(F)(F)F. The Morgan fingerprint density at radius 1 is 1.18 bits per heavy atom. The van der Waals surface area contributed by atoms with Gasteiger partial charge in [0.2, 0.25) is 5.88 Å². The van der Waals surface area contributed by atoms with Crippen molar-refractivity contribution in [1.82, 2.24) is 4.98 Å². The molecular weight excluding hydrogens is 299 g/mol. The molecule has 22 heavy (non-hydrogen) atoms. The molecule has 4 nitrogen and oxygen atoms in total. The van der Waals surface area contributed by atoms with E-state index >= 15 is 0 Å². The number of alkyl halides is 3. The maximum atomic E-state index is 13.1. The van der Waals surface area contributed by atoms with Crippen molar-refractivity contribution in [2.24, 2.45) is 0 Å². The van der Waals surface area contributed by atoms with E-state index in [0.29, 0.717) is 0 Å². The molecule has 0 aliphatic carbocycles. The summed E-state index contributed by atoms with van der Waals surface area (Å²) in [4.78, 5) is 14.6. The van der Waals surface area contributed by atoms with E-state index in [1.165, 1.54) is 37.4 Å². The van der Waals surface area contributed by atoms with Gasteiger partial charge in [-0.3, -0.25) is 4.79 Å². The van der Waals surface area contributed by atoms with Crippen molar-refractivity contribution >= 4 is 5.97 Å². The van der Waals surface area contributed by atoms with Crippen molar-refractivity contribution in [3.63, 3.8) is 0 Å². The number of aliphatic carboxylic acids is 1. The van der Waals surface area contributed by atoms with Gasteiger partial charge >= 0.3 is 12.1 Å². The van der Waals surface area contributed by atoms with Gasteiger partial charge in [-0.05, 0) is 23.8 Å². The Morgan fingerprint density at radius 2 is 1.86 bits per heavy atom. The molecule has 0 saturated heterocycles. The average molecular weight is 311 g/mol. The molecule has 0 radical (unpaired) electrons. The lowest BCUT2D eigenvalue weighted by Crippen LogP contribution is -2.08. The van der Waals surface area contributed by atoms with E-state index in [2.05, 4.69) is 4.98 Å². The first-order valence-electron chi connectivity index (χ1n) is 6.25. The van der Waals surface area contributed by atoms with E-state index in [4.69, 9.17) is 9.84 Å². The highest BCUT2D eigenvalue weighted by Gasteiger charge is 2.34. The number of benzene rings is 1. The standard InChI is InChI=1S/C15H12F3NO3/c1-22-14-11(7-6-9(19-14)8-13(20)21)10-4-2-3-5-12(10)15(16,17)18/h2-7H,8H2,1H3,(H,20,21). The van der Waals surface area contributed by atoms with E-state index in [1.54, 1.807) is 0 Å². The fraction of sp³-hybridized carbons (Fsp3) is 0.200. The van der Waals surface area contributed by atoms with Crippen molar-refractivity contribution in [2.75, 3.05) is 7.11 Å². The molecule has 2 aromatic rings. The molecule has 0 bridgehead atoms. The number of hydrogen-bond acceptors (Lipinski definition) is 3. The number of nitrogens with zero attached hydrogens (tertiary/aromatic N) is 1. The summed E-state index contributed by atoms with van der Waals surface area (Å²) in [7, 11) is 1.27. The Labute approximate surface area is 124 Å². The monoisotopic (exact) mass is 311 g/mol. The van der Waals surface area contributed by atoms with Gasteiger partial charge in [-0.1, -0.05) is 18.2 Å². The second-order valence-electron chi connectivity index (χ2n) is 4.47. The summed E-state index contributed by atoms with van der Waals surface area (Å²) in [6.45, 7) is 0. The Morgan fingerprint density at radius 3 is 2.45 bits per heavy atom. The number of hydrogen-bond donors (Lipinski definition) is 1. The quantitative estimate of drug-likeness (QED) is 0.940. The molecule has 0 atom stereocenters. The Bertz CT molecular complexity index is 699. The Balaban J connectivity index is 2.56. The smallest absolute Gasteiger partial charge is 0.417 e. The van der Waals surface area contributed by atoms with Gasteiger partial charge in [-0.2, -0.15) is 13.2 Å². The first kappa shape index (κ1) is 15.8. The van der Waals surface area contributed by atoms with Gasteiger partial charge in [-0.25, -0.2) is 4.98 Å². The summed E-state index contributed by atoms with van der Waals surface area (Å²) in [6, 6.07) is 7.83. The van der Waals surface area contributed by atoms with Crippen molar-refractivity contribution < 1.29 is 27.8 Å². The van der Waals surface area contributed by atoms with Crippen LogP contribution in [0, 0.1) is 0 Å². The minimum atomic E-state index is -4.51. The molecular formula is C15H12F3NO3. The second-order valence-corrected chi connectivity index (χ2v) is 4.47. The molecule has 0 fully saturated rings. The van der Waals surface area contributed by atoms with Crippen LogP contribution in [0.4, 0.5) is 13.2 Å². The number of rotatable bonds is 4. The number of halogens is 3. The normalized spacial score (nSPS) is 11.3. The Hall–Kier alpha value is -2.57. The van der Waals surface area contributed by atoms with Crippen molar-refractivity contribution in [3.8, 4) is 17.0 Å². The third kappa shape index (κ3) is 3.36. The predicted molar refractivity (Wildman–Crippen MR) is 72.6 cm³/mol. The fourth-order valence-corrected chi connectivity index (χ4v) is 2.06. The largest absolute Gasteiger partial charge is 0.481 e. The zero-order chi connectivity index (χ0) is 16.3. The molecule has 0 unspecified atom stereocenters. The van der Waals surface area contributed by atoms with Crippen LogP contribution in [-0.2, 0) is 17.4 Å². The summed E-state index contributed by atoms with van der Waals surface area (Å²) in [5, 5.41) is 8.74. The molecule has 0 aliphatic heterocycles. The van der Waals surface area contributed by atoms with Crippen LogP contribution in [0.2, 0.25) is 0 Å². The summed E-state index contributed by atoms with van der Waals surface area (Å²) >= 11 is 0. The van der Waals surface area contributed by atoms with Gasteiger partial charge in [0.1, 0.15) is 0 Å². The van der Waals surface area contributed by atoms with Crippen molar-refractivity contribution in [2.45, 2.75) is 12.6 Å². The lowest BCUT2D eigenvalue weighted by molar-refractivity contribution is -0.137. The third-order valence-corrected chi connectivity index (χ3v) is 2.97. The van der Waals surface area contributed by atoms with Crippen LogP contribution < -0.4 is 4.74 Å². The minimum absolute atomic E-state index is 0.0459. The number of methoxy groups -OCH3 is 1. The molecule has 1 aromatic carbocycles. The van der Waals surface area contributed by atoms with Gasteiger partial charge in [0.05, 0.1) is 24.8 Å². The molecule has 0 saturated carbocycles. The van der Waals surface area contributed by atoms with Crippen LogP contribution in [-0.4, -0.2) is 23.2 Å². The highest BCUT2D eigenvalue weighted by Crippen LogP contribution is 2.39. The van der Waals surface area contributed by atoms with Gasteiger partial charge in [0, 0.05) is 5.56 Å². The van der Waals surface area contributed by atoms with E-state index in [1.807, 2.05) is 0 Å². The van der Waals surface area contributed by atoms with Crippen LogP contribution in [0.15, 0.2) is 36.4 Å². The first-order chi connectivity index (χ1) is 10.3. The summed E-state index contributed by atoms with van der Waals surface area (Å²) < 4.78 is 44.3. The molecule has 1 N–H and O–H groups in total. The van der Waals surface area contributed by atoms with Gasteiger partial charge < -0.3 is 9.84 Å². The zero-order valence-electron chi connectivity index (χ0n) is 11.5. The van der Waals surface area contributed by atoms with E-state index in [-0.39, 0.29) is 29.1 Å². The highest BCUT2D eigenvalue weighted by atomic mass is 19.4. The second kappa shape index (κ2) is 6.05. The van der Waals surface area contributed by atoms with Crippen molar-refractivity contribution in [3.05, 3.63) is 47.7 Å². The maximum absolute atomic E-state index is 13.1. The van der Waals surface area contributed by atoms with Crippen LogP contribution in [0.1, 0.15) is 11.3 Å². The van der Waals surface area contributed by atoms with Gasteiger partial charge in [-0.15, -0.1) is 0 Å². The minimum Gasteiger partial charge on any atom is -0.481 e. The number of pyridine rings is 1. The summed E-state index contributed by atoms with van der Waals surface area (Å²) in [5.74, 6) is -1.13. The molecule has 1 aromatic heterocycles. The van der Waals surface area contributed by atoms with Crippen molar-refractivity contribution in [1.29, 1.82) is 0 Å².